The van der Waals surface area contributed by atoms with Crippen LogP contribution >= 0.6 is 0 Å². The Kier molecular flexibility index (Phi) is 6.01. The molecule has 2 aromatic carbocycles. The van der Waals surface area contributed by atoms with Crippen molar-refractivity contribution < 1.29 is 19.4 Å². The van der Waals surface area contributed by atoms with Gasteiger partial charge in [-0.2, -0.15) is 0 Å². The molecule has 1 aliphatic heterocycles. The van der Waals surface area contributed by atoms with E-state index in [0.29, 0.717) is 29.8 Å². The van der Waals surface area contributed by atoms with Gasteiger partial charge in [0, 0.05) is 34.8 Å². The highest BCUT2D eigenvalue weighted by Crippen LogP contribution is 2.43. The summed E-state index contributed by atoms with van der Waals surface area (Å²) < 4.78 is 5.54. The largest absolute Gasteiger partial charge is 0.507 e. The molecule has 1 aromatic heterocycles. The quantitative estimate of drug-likeness (QED) is 0.338. The van der Waals surface area contributed by atoms with Crippen LogP contribution in [0, 0.1) is 0 Å². The highest BCUT2D eigenvalue weighted by Gasteiger charge is 2.46. The Bertz CT molecular complexity index is 1190. The molecule has 7 heteroatoms. The van der Waals surface area contributed by atoms with E-state index in [-0.39, 0.29) is 11.3 Å². The number of rotatable bonds is 7. The number of ether oxygens (including phenoxy) is 1. The fourth-order valence-corrected chi connectivity index (χ4v) is 4.30. The molecule has 0 radical (unpaired) electrons. The lowest BCUT2D eigenvalue weighted by molar-refractivity contribution is -0.140. The fraction of sp³-hybridized carbons (Fsp3) is 0.280. The Balaban J connectivity index is 1.88. The number of aromatic nitrogens is 1. The number of para-hydroxylation sites is 2. The summed E-state index contributed by atoms with van der Waals surface area (Å²) in [7, 11) is 5.47. The van der Waals surface area contributed by atoms with Crippen LogP contribution < -0.4 is 4.74 Å². The summed E-state index contributed by atoms with van der Waals surface area (Å²) in [6, 6.07) is 14.1. The minimum absolute atomic E-state index is 0.0779. The lowest BCUT2D eigenvalue weighted by Gasteiger charge is -2.27. The van der Waals surface area contributed by atoms with E-state index < -0.39 is 17.7 Å². The first kappa shape index (κ1) is 21.6. The van der Waals surface area contributed by atoms with E-state index in [0.717, 1.165) is 17.4 Å². The van der Waals surface area contributed by atoms with Crippen LogP contribution in [0.25, 0.3) is 16.7 Å². The number of Topliss-reactive ketones (excluding diaryl/α,β-unsaturated/α-hetero) is 1. The van der Waals surface area contributed by atoms with E-state index in [2.05, 4.69) is 4.98 Å². The van der Waals surface area contributed by atoms with Crippen LogP contribution in [0.15, 0.2) is 60.3 Å². The number of nitrogens with one attached hydrogen (secondary N) is 1. The molecule has 4 rings (SSSR count). The van der Waals surface area contributed by atoms with E-state index in [1.807, 2.05) is 61.5 Å². The van der Waals surface area contributed by atoms with Crippen LogP contribution in [-0.4, -0.2) is 65.9 Å². The number of amides is 1. The molecule has 166 valence electrons. The average Bonchev–Trinajstić information content (AvgIpc) is 3.33. The standard InChI is InChI=1S/C25H27N3O4/c1-27(2)13-8-14-28-22(17-10-5-7-12-20(17)32-3)21(24(30)25(28)31)23(29)18-15-26-19-11-6-4-9-16(18)19/h4-7,9-12,15,22,26,29H,8,13-14H2,1-3H3/t22-/m1/s1. The second-order valence-electron chi connectivity index (χ2n) is 8.14. The monoisotopic (exact) mass is 433 g/mol. The number of likely N-dealkylation sites (tertiary alicyclic amines) is 1. The highest BCUT2D eigenvalue weighted by molar-refractivity contribution is 6.46. The van der Waals surface area contributed by atoms with Crippen molar-refractivity contribution in [3.63, 3.8) is 0 Å². The number of nitrogens with zero attached hydrogens (tertiary/aromatic N) is 2. The molecule has 0 unspecified atom stereocenters. The molecule has 1 aliphatic rings. The first-order chi connectivity index (χ1) is 15.4. The Morgan fingerprint density at radius 1 is 1.12 bits per heavy atom. The number of aliphatic hydroxyl groups is 1. The zero-order valence-electron chi connectivity index (χ0n) is 18.5. The molecule has 0 aliphatic carbocycles. The third-order valence-corrected chi connectivity index (χ3v) is 5.82. The van der Waals surface area contributed by atoms with Gasteiger partial charge in [-0.1, -0.05) is 36.4 Å². The van der Waals surface area contributed by atoms with Crippen molar-refractivity contribution in [3.05, 3.63) is 71.4 Å². The molecule has 32 heavy (non-hydrogen) atoms. The molecule has 1 atom stereocenters. The zero-order chi connectivity index (χ0) is 22.8. The van der Waals surface area contributed by atoms with Crippen molar-refractivity contribution in [2.75, 3.05) is 34.3 Å². The first-order valence-corrected chi connectivity index (χ1v) is 10.6. The van der Waals surface area contributed by atoms with Crippen LogP contribution in [0.3, 0.4) is 0 Å². The molecule has 2 N–H and O–H groups in total. The van der Waals surface area contributed by atoms with Gasteiger partial charge in [-0.3, -0.25) is 9.59 Å². The Morgan fingerprint density at radius 3 is 2.59 bits per heavy atom. The highest BCUT2D eigenvalue weighted by atomic mass is 16.5. The van der Waals surface area contributed by atoms with Crippen molar-refractivity contribution in [2.24, 2.45) is 0 Å². The van der Waals surface area contributed by atoms with E-state index in [4.69, 9.17) is 4.74 Å². The number of fused-ring (bicyclic) bond motifs is 1. The lowest BCUT2D eigenvalue weighted by atomic mass is 9.94. The van der Waals surface area contributed by atoms with E-state index in [9.17, 15) is 14.7 Å². The summed E-state index contributed by atoms with van der Waals surface area (Å²) >= 11 is 0. The molecule has 3 aromatic rings. The van der Waals surface area contributed by atoms with Crippen LogP contribution in [0.5, 0.6) is 5.75 Å². The van der Waals surface area contributed by atoms with Crippen molar-refractivity contribution in [1.82, 2.24) is 14.8 Å². The van der Waals surface area contributed by atoms with E-state index in [1.165, 1.54) is 0 Å². The van der Waals surface area contributed by atoms with E-state index in [1.54, 1.807) is 24.3 Å². The number of benzene rings is 2. The molecule has 0 spiro atoms. The Labute approximate surface area is 186 Å². The lowest BCUT2D eigenvalue weighted by Crippen LogP contribution is -2.32. The average molecular weight is 434 g/mol. The van der Waals surface area contributed by atoms with Gasteiger partial charge in [0.25, 0.3) is 11.7 Å². The number of ketones is 1. The summed E-state index contributed by atoms with van der Waals surface area (Å²) in [4.78, 5) is 33.0. The van der Waals surface area contributed by atoms with Crippen LogP contribution in [0.1, 0.15) is 23.6 Å². The predicted octanol–water partition coefficient (Wildman–Crippen LogP) is 3.55. The van der Waals surface area contributed by atoms with Gasteiger partial charge >= 0.3 is 0 Å². The molecule has 2 heterocycles. The van der Waals surface area contributed by atoms with Gasteiger partial charge in [0.15, 0.2) is 0 Å². The molecular weight excluding hydrogens is 406 g/mol. The van der Waals surface area contributed by atoms with Crippen LogP contribution in [0.2, 0.25) is 0 Å². The van der Waals surface area contributed by atoms with Gasteiger partial charge in [0.2, 0.25) is 0 Å². The second-order valence-corrected chi connectivity index (χ2v) is 8.14. The number of aliphatic hydroxyl groups excluding tert-OH is 1. The smallest absolute Gasteiger partial charge is 0.295 e. The maximum atomic E-state index is 13.2. The number of H-pyrrole nitrogens is 1. The summed E-state index contributed by atoms with van der Waals surface area (Å²) in [5, 5.41) is 12.1. The van der Waals surface area contributed by atoms with Gasteiger partial charge in [-0.25, -0.2) is 0 Å². The second kappa shape index (κ2) is 8.88. The molecule has 0 saturated carbocycles. The number of hydrogen-bond donors (Lipinski definition) is 2. The minimum atomic E-state index is -0.734. The predicted molar refractivity (Wildman–Crippen MR) is 123 cm³/mol. The molecule has 1 fully saturated rings. The molecule has 7 nitrogen and oxygen atoms in total. The summed E-state index contributed by atoms with van der Waals surface area (Å²) in [6.07, 6.45) is 2.36. The summed E-state index contributed by atoms with van der Waals surface area (Å²) in [6.45, 7) is 1.15. The topological polar surface area (TPSA) is 85.9 Å². The third kappa shape index (κ3) is 3.76. The summed E-state index contributed by atoms with van der Waals surface area (Å²) in [5.74, 6) is -0.928. The Morgan fingerprint density at radius 2 is 1.84 bits per heavy atom. The van der Waals surface area contributed by atoms with Gasteiger partial charge in [-0.15, -0.1) is 0 Å². The Hall–Kier alpha value is -3.58. The van der Waals surface area contributed by atoms with Gasteiger partial charge in [0.05, 0.1) is 18.7 Å². The maximum absolute atomic E-state index is 13.2. The van der Waals surface area contributed by atoms with Gasteiger partial charge in [0.1, 0.15) is 11.5 Å². The fourth-order valence-electron chi connectivity index (χ4n) is 4.30. The summed E-state index contributed by atoms with van der Waals surface area (Å²) in [5.41, 5.74) is 2.07. The zero-order valence-corrected chi connectivity index (χ0v) is 18.5. The van der Waals surface area contributed by atoms with Crippen molar-refractivity contribution >= 4 is 28.4 Å². The van der Waals surface area contributed by atoms with Crippen molar-refractivity contribution in [3.8, 4) is 5.75 Å². The van der Waals surface area contributed by atoms with Crippen molar-refractivity contribution in [1.29, 1.82) is 0 Å². The number of methoxy groups -OCH3 is 1. The number of carbonyl (C=O) groups is 2. The molecular formula is C25H27N3O4. The number of hydrogen-bond acceptors (Lipinski definition) is 5. The number of aromatic amines is 1. The molecule has 0 bridgehead atoms. The van der Waals surface area contributed by atoms with E-state index >= 15 is 0 Å². The molecule has 1 amide bonds. The SMILES string of the molecule is COc1ccccc1[C@@H]1C(=C(O)c2c[nH]c3ccccc23)C(=O)C(=O)N1CCCN(C)C. The van der Waals surface area contributed by atoms with Crippen molar-refractivity contribution in [2.45, 2.75) is 12.5 Å². The normalized spacial score (nSPS) is 18.1. The van der Waals surface area contributed by atoms with Gasteiger partial charge in [-0.05, 0) is 39.2 Å². The number of carbonyl (C=O) groups excluding carboxylic acids is 2. The third-order valence-electron chi connectivity index (χ3n) is 5.82. The molecule has 1 saturated heterocycles. The first-order valence-electron chi connectivity index (χ1n) is 10.6. The van der Waals surface area contributed by atoms with Crippen LogP contribution in [0.4, 0.5) is 0 Å². The minimum Gasteiger partial charge on any atom is -0.507 e. The van der Waals surface area contributed by atoms with Crippen LogP contribution in [-0.2, 0) is 9.59 Å². The maximum Gasteiger partial charge on any atom is 0.295 e. The van der Waals surface area contributed by atoms with Gasteiger partial charge < -0.3 is 24.6 Å².